The van der Waals surface area contributed by atoms with E-state index in [0.717, 1.165) is 13.0 Å². The summed E-state index contributed by atoms with van der Waals surface area (Å²) in [4.78, 5) is 0. The lowest BCUT2D eigenvalue weighted by atomic mass is 10.2. The minimum atomic E-state index is -0.326. The van der Waals surface area contributed by atoms with Gasteiger partial charge in [0.1, 0.15) is 0 Å². The molecule has 3 nitrogen and oxygen atoms in total. The molecule has 0 aromatic heterocycles. The molecule has 0 aliphatic rings. The predicted molar refractivity (Wildman–Crippen MR) is 68.9 cm³/mol. The highest BCUT2D eigenvalue weighted by Gasteiger charge is 2.08. The normalized spacial score (nSPS) is 11.9. The minimum absolute atomic E-state index is 0.238. The van der Waals surface area contributed by atoms with Crippen molar-refractivity contribution in [2.24, 2.45) is 0 Å². The topological polar surface area (TPSA) is 45.0 Å². The van der Waals surface area contributed by atoms with Crippen LogP contribution in [-0.4, -0.2) is 19.2 Å². The maximum Gasteiger partial charge on any atom is 0.167 e. The van der Waals surface area contributed by atoms with Gasteiger partial charge in [-0.3, -0.25) is 0 Å². The van der Waals surface area contributed by atoms with Gasteiger partial charge in [0.15, 0.2) is 11.6 Å². The number of benzene rings is 1. The fourth-order valence-corrected chi connectivity index (χ4v) is 1.55. The van der Waals surface area contributed by atoms with Crippen molar-refractivity contribution in [3.8, 4) is 11.8 Å². The molecule has 18 heavy (non-hydrogen) atoms. The largest absolute Gasteiger partial charge is 0.490 e. The first kappa shape index (κ1) is 14.5. The van der Waals surface area contributed by atoms with Crippen LogP contribution >= 0.6 is 0 Å². The van der Waals surface area contributed by atoms with E-state index in [2.05, 4.69) is 11.4 Å². The SMILES string of the molecule is CCCNC(C#N)CCOc1cccc(C)c1F. The van der Waals surface area contributed by atoms with Crippen molar-refractivity contribution in [3.05, 3.63) is 29.6 Å². The number of aryl methyl sites for hydroxylation is 1. The average molecular weight is 250 g/mol. The van der Waals surface area contributed by atoms with Crippen molar-refractivity contribution in [1.29, 1.82) is 5.26 Å². The molecule has 98 valence electrons. The first-order valence-electron chi connectivity index (χ1n) is 6.20. The van der Waals surface area contributed by atoms with Crippen LogP contribution in [0.5, 0.6) is 5.75 Å². The summed E-state index contributed by atoms with van der Waals surface area (Å²) < 4.78 is 19.0. The van der Waals surface area contributed by atoms with E-state index >= 15 is 0 Å². The summed E-state index contributed by atoms with van der Waals surface area (Å²) in [6.07, 6.45) is 1.52. The minimum Gasteiger partial charge on any atom is -0.490 e. The Balaban J connectivity index is 2.41. The zero-order chi connectivity index (χ0) is 13.4. The Morgan fingerprint density at radius 2 is 2.28 bits per heavy atom. The first-order valence-corrected chi connectivity index (χ1v) is 6.20. The molecule has 0 spiro atoms. The highest BCUT2D eigenvalue weighted by molar-refractivity contribution is 5.30. The molecule has 1 rings (SSSR count). The number of hydrogen-bond donors (Lipinski definition) is 1. The van der Waals surface area contributed by atoms with Crippen molar-refractivity contribution >= 4 is 0 Å². The molecule has 1 aromatic carbocycles. The predicted octanol–water partition coefficient (Wildman–Crippen LogP) is 2.79. The van der Waals surface area contributed by atoms with Crippen LogP contribution in [0.3, 0.4) is 0 Å². The number of rotatable bonds is 7. The summed E-state index contributed by atoms with van der Waals surface area (Å²) in [6, 6.07) is 6.98. The summed E-state index contributed by atoms with van der Waals surface area (Å²) in [5.74, 6) is -0.0743. The van der Waals surface area contributed by atoms with Crippen molar-refractivity contribution in [1.82, 2.24) is 5.32 Å². The van der Waals surface area contributed by atoms with E-state index in [1.54, 1.807) is 25.1 Å². The fourth-order valence-electron chi connectivity index (χ4n) is 1.55. The van der Waals surface area contributed by atoms with Gasteiger partial charge >= 0.3 is 0 Å². The van der Waals surface area contributed by atoms with E-state index in [0.29, 0.717) is 18.6 Å². The molecule has 0 amide bonds. The molecule has 0 bridgehead atoms. The van der Waals surface area contributed by atoms with Gasteiger partial charge in [0, 0.05) is 6.42 Å². The monoisotopic (exact) mass is 250 g/mol. The van der Waals surface area contributed by atoms with Crippen molar-refractivity contribution in [3.63, 3.8) is 0 Å². The number of nitrogens with zero attached hydrogens (tertiary/aromatic N) is 1. The number of nitriles is 1. The van der Waals surface area contributed by atoms with E-state index < -0.39 is 0 Å². The Kier molecular flexibility index (Phi) is 6.16. The molecule has 1 unspecified atom stereocenters. The van der Waals surface area contributed by atoms with Gasteiger partial charge < -0.3 is 10.1 Å². The van der Waals surface area contributed by atoms with Crippen LogP contribution in [0.15, 0.2) is 18.2 Å². The third-order valence-electron chi connectivity index (χ3n) is 2.62. The van der Waals surface area contributed by atoms with Gasteiger partial charge in [-0.05, 0) is 31.5 Å². The number of halogens is 1. The maximum absolute atomic E-state index is 13.6. The van der Waals surface area contributed by atoms with E-state index in [1.807, 2.05) is 6.92 Å². The lowest BCUT2D eigenvalue weighted by Crippen LogP contribution is -2.29. The molecule has 0 fully saturated rings. The third kappa shape index (κ3) is 4.34. The second-order valence-corrected chi connectivity index (χ2v) is 4.16. The van der Waals surface area contributed by atoms with Crippen molar-refractivity contribution in [2.75, 3.05) is 13.2 Å². The van der Waals surface area contributed by atoms with Crippen LogP contribution in [-0.2, 0) is 0 Å². The zero-order valence-electron chi connectivity index (χ0n) is 10.9. The first-order chi connectivity index (χ1) is 8.69. The number of ether oxygens (including phenoxy) is 1. The molecular weight excluding hydrogens is 231 g/mol. The lowest BCUT2D eigenvalue weighted by molar-refractivity contribution is 0.284. The highest BCUT2D eigenvalue weighted by Crippen LogP contribution is 2.19. The fraction of sp³-hybridized carbons (Fsp3) is 0.500. The highest BCUT2D eigenvalue weighted by atomic mass is 19.1. The molecule has 0 heterocycles. The van der Waals surface area contributed by atoms with Gasteiger partial charge in [-0.2, -0.15) is 5.26 Å². The Hall–Kier alpha value is -1.60. The molecule has 4 heteroatoms. The van der Waals surface area contributed by atoms with Crippen LogP contribution in [0.1, 0.15) is 25.3 Å². The van der Waals surface area contributed by atoms with E-state index in [9.17, 15) is 4.39 Å². The number of nitrogens with one attached hydrogen (secondary N) is 1. The lowest BCUT2D eigenvalue weighted by Gasteiger charge is -2.12. The second-order valence-electron chi connectivity index (χ2n) is 4.16. The second kappa shape index (κ2) is 7.67. The molecule has 0 aliphatic heterocycles. The third-order valence-corrected chi connectivity index (χ3v) is 2.62. The molecule has 1 atom stereocenters. The molecular formula is C14H19FN2O. The van der Waals surface area contributed by atoms with Gasteiger partial charge in [0.05, 0.1) is 18.7 Å². The van der Waals surface area contributed by atoms with Gasteiger partial charge in [0.2, 0.25) is 0 Å². The van der Waals surface area contributed by atoms with Crippen LogP contribution < -0.4 is 10.1 Å². The molecule has 0 saturated carbocycles. The summed E-state index contributed by atoms with van der Waals surface area (Å²) in [5.41, 5.74) is 0.563. The van der Waals surface area contributed by atoms with Gasteiger partial charge in [-0.15, -0.1) is 0 Å². The quantitative estimate of drug-likeness (QED) is 0.809. The smallest absolute Gasteiger partial charge is 0.167 e. The summed E-state index contributed by atoms with van der Waals surface area (Å²) in [6.45, 7) is 4.87. The molecule has 0 saturated heterocycles. The zero-order valence-corrected chi connectivity index (χ0v) is 10.9. The average Bonchev–Trinajstić information content (AvgIpc) is 2.38. The standard InChI is InChI=1S/C14H19FN2O/c1-3-8-17-12(10-16)7-9-18-13-6-4-5-11(2)14(13)15/h4-6,12,17H,3,7-9H2,1-2H3. The Morgan fingerprint density at radius 1 is 1.50 bits per heavy atom. The van der Waals surface area contributed by atoms with Crippen LogP contribution in [0.2, 0.25) is 0 Å². The van der Waals surface area contributed by atoms with E-state index in [4.69, 9.17) is 10.00 Å². The summed E-state index contributed by atoms with van der Waals surface area (Å²) in [5, 5.41) is 12.0. The maximum atomic E-state index is 13.6. The van der Waals surface area contributed by atoms with Crippen LogP contribution in [0.4, 0.5) is 4.39 Å². The molecule has 0 aliphatic carbocycles. The Labute approximate surface area is 108 Å². The van der Waals surface area contributed by atoms with Gasteiger partial charge in [-0.25, -0.2) is 4.39 Å². The van der Waals surface area contributed by atoms with Crippen molar-refractivity contribution < 1.29 is 9.13 Å². The summed E-state index contributed by atoms with van der Waals surface area (Å²) >= 11 is 0. The molecule has 0 radical (unpaired) electrons. The van der Waals surface area contributed by atoms with Gasteiger partial charge in [0.25, 0.3) is 0 Å². The van der Waals surface area contributed by atoms with Crippen LogP contribution in [0, 0.1) is 24.1 Å². The Morgan fingerprint density at radius 3 is 2.94 bits per heavy atom. The molecule has 1 aromatic rings. The van der Waals surface area contributed by atoms with Gasteiger partial charge in [-0.1, -0.05) is 19.1 Å². The Bertz CT molecular complexity index is 415. The van der Waals surface area contributed by atoms with Crippen LogP contribution in [0.25, 0.3) is 0 Å². The molecule has 1 N–H and O–H groups in total. The van der Waals surface area contributed by atoms with E-state index in [-0.39, 0.29) is 17.6 Å². The number of hydrogen-bond acceptors (Lipinski definition) is 3. The van der Waals surface area contributed by atoms with Crippen molar-refractivity contribution in [2.45, 2.75) is 32.7 Å². The van der Waals surface area contributed by atoms with E-state index in [1.165, 1.54) is 0 Å². The summed E-state index contributed by atoms with van der Waals surface area (Å²) in [7, 11) is 0.